The second-order valence-electron chi connectivity index (χ2n) is 6.32. The monoisotopic (exact) mass is 328 g/mol. The van der Waals surface area contributed by atoms with Gasteiger partial charge in [-0.05, 0) is 38.6 Å². The van der Waals surface area contributed by atoms with Gasteiger partial charge in [0.15, 0.2) is 0 Å². The fraction of sp³-hybridized carbons (Fsp3) is 0.444. The Morgan fingerprint density at radius 2 is 2.00 bits per heavy atom. The van der Waals surface area contributed by atoms with Crippen LogP contribution in [-0.2, 0) is 6.54 Å². The average Bonchev–Trinajstić information content (AvgIpc) is 2.92. The lowest BCUT2D eigenvalue weighted by atomic mass is 10.2. The molecule has 0 radical (unpaired) electrons. The number of piperazine rings is 1. The highest BCUT2D eigenvalue weighted by Gasteiger charge is 2.15. The molecule has 3 heterocycles. The van der Waals surface area contributed by atoms with Crippen LogP contribution in [0.5, 0.6) is 0 Å². The first-order valence-electron chi connectivity index (χ1n) is 8.26. The summed E-state index contributed by atoms with van der Waals surface area (Å²) in [5.41, 5.74) is 1.58. The molecule has 1 amide bonds. The van der Waals surface area contributed by atoms with Crippen LogP contribution in [0.15, 0.2) is 28.8 Å². The smallest absolute Gasteiger partial charge is 0.255 e. The first-order valence-corrected chi connectivity index (χ1v) is 8.26. The number of carbonyl (C=O) groups is 1. The molecular formula is C18H24N4O2. The van der Waals surface area contributed by atoms with E-state index in [1.807, 2.05) is 25.3 Å². The molecule has 0 saturated carbocycles. The van der Waals surface area contributed by atoms with Crippen molar-refractivity contribution in [2.75, 3.05) is 38.1 Å². The van der Waals surface area contributed by atoms with Crippen molar-refractivity contribution in [3.8, 4) is 0 Å². The van der Waals surface area contributed by atoms with E-state index in [0.29, 0.717) is 17.9 Å². The molecule has 1 aliphatic rings. The molecule has 0 aliphatic carbocycles. The van der Waals surface area contributed by atoms with E-state index in [2.05, 4.69) is 27.1 Å². The number of hydrogen-bond acceptors (Lipinski definition) is 5. The number of pyridine rings is 1. The highest BCUT2D eigenvalue weighted by Crippen LogP contribution is 2.15. The maximum Gasteiger partial charge on any atom is 0.255 e. The van der Waals surface area contributed by atoms with Gasteiger partial charge in [0.05, 0.1) is 5.56 Å². The van der Waals surface area contributed by atoms with Crippen LogP contribution in [-0.4, -0.2) is 49.0 Å². The lowest BCUT2D eigenvalue weighted by molar-refractivity contribution is 0.0949. The molecule has 2 aromatic heterocycles. The third kappa shape index (κ3) is 3.76. The quantitative estimate of drug-likeness (QED) is 0.930. The number of nitrogens with zero attached hydrogens (tertiary/aromatic N) is 3. The molecule has 1 fully saturated rings. The van der Waals surface area contributed by atoms with Crippen LogP contribution in [0, 0.1) is 13.8 Å². The summed E-state index contributed by atoms with van der Waals surface area (Å²) in [5, 5.41) is 2.91. The predicted octanol–water partition coefficient (Wildman–Crippen LogP) is 1.97. The number of nitrogens with one attached hydrogen (secondary N) is 1. The fourth-order valence-electron chi connectivity index (χ4n) is 2.88. The van der Waals surface area contributed by atoms with Crippen LogP contribution in [0.3, 0.4) is 0 Å². The van der Waals surface area contributed by atoms with Gasteiger partial charge in [0, 0.05) is 38.9 Å². The van der Waals surface area contributed by atoms with Crippen molar-refractivity contribution in [1.82, 2.24) is 15.2 Å². The zero-order chi connectivity index (χ0) is 17.1. The first-order chi connectivity index (χ1) is 11.5. The molecule has 0 bridgehead atoms. The summed E-state index contributed by atoms with van der Waals surface area (Å²) in [5.74, 6) is 2.27. The summed E-state index contributed by atoms with van der Waals surface area (Å²) in [7, 11) is 2.14. The summed E-state index contributed by atoms with van der Waals surface area (Å²) in [6.07, 6.45) is 1.83. The van der Waals surface area contributed by atoms with Crippen molar-refractivity contribution in [3.05, 3.63) is 47.0 Å². The van der Waals surface area contributed by atoms with Crippen molar-refractivity contribution in [1.29, 1.82) is 0 Å². The average molecular weight is 328 g/mol. The number of carbonyl (C=O) groups excluding carboxylic acids is 1. The van der Waals surface area contributed by atoms with Crippen LogP contribution in [0.4, 0.5) is 5.82 Å². The van der Waals surface area contributed by atoms with E-state index >= 15 is 0 Å². The van der Waals surface area contributed by atoms with Gasteiger partial charge in [-0.2, -0.15) is 0 Å². The first kappa shape index (κ1) is 16.5. The standard InChI is InChI=1S/C18H24N4O2/c1-13-10-16(14(2)24-13)18(23)20-12-15-4-5-17(19-11-15)22-8-6-21(3)7-9-22/h4-5,10-11H,6-9,12H2,1-3H3,(H,20,23). The normalized spacial score (nSPS) is 15.5. The number of rotatable bonds is 4. The Kier molecular flexibility index (Phi) is 4.85. The van der Waals surface area contributed by atoms with Gasteiger partial charge in [-0.25, -0.2) is 4.98 Å². The molecular weight excluding hydrogens is 304 g/mol. The zero-order valence-electron chi connectivity index (χ0n) is 14.5. The van der Waals surface area contributed by atoms with Gasteiger partial charge in [0.1, 0.15) is 17.3 Å². The van der Waals surface area contributed by atoms with E-state index in [-0.39, 0.29) is 5.91 Å². The Morgan fingerprint density at radius 3 is 2.58 bits per heavy atom. The number of aryl methyl sites for hydroxylation is 2. The molecule has 24 heavy (non-hydrogen) atoms. The minimum absolute atomic E-state index is 0.118. The van der Waals surface area contributed by atoms with Gasteiger partial charge in [-0.15, -0.1) is 0 Å². The number of anilines is 1. The minimum atomic E-state index is -0.118. The van der Waals surface area contributed by atoms with E-state index < -0.39 is 0 Å². The number of amides is 1. The number of likely N-dealkylation sites (N-methyl/N-ethyl adjacent to an activating group) is 1. The molecule has 1 aliphatic heterocycles. The molecule has 1 N–H and O–H groups in total. The number of aromatic nitrogens is 1. The van der Waals surface area contributed by atoms with Crippen LogP contribution < -0.4 is 10.2 Å². The highest BCUT2D eigenvalue weighted by molar-refractivity contribution is 5.95. The Morgan fingerprint density at radius 1 is 1.25 bits per heavy atom. The summed E-state index contributed by atoms with van der Waals surface area (Å²) >= 11 is 0. The molecule has 1 saturated heterocycles. The Bertz CT molecular complexity index is 700. The van der Waals surface area contributed by atoms with Gasteiger partial charge in [-0.3, -0.25) is 4.79 Å². The largest absolute Gasteiger partial charge is 0.466 e. The number of hydrogen-bond donors (Lipinski definition) is 1. The van der Waals surface area contributed by atoms with Gasteiger partial charge in [0.25, 0.3) is 5.91 Å². The van der Waals surface area contributed by atoms with Crippen LogP contribution in [0.2, 0.25) is 0 Å². The maximum atomic E-state index is 12.2. The molecule has 0 unspecified atom stereocenters. The summed E-state index contributed by atoms with van der Waals surface area (Å²) in [6.45, 7) is 8.21. The van der Waals surface area contributed by atoms with Gasteiger partial charge >= 0.3 is 0 Å². The molecule has 128 valence electrons. The van der Waals surface area contributed by atoms with E-state index in [0.717, 1.165) is 43.3 Å². The van der Waals surface area contributed by atoms with E-state index in [4.69, 9.17) is 4.42 Å². The zero-order valence-corrected chi connectivity index (χ0v) is 14.5. The summed E-state index contributed by atoms with van der Waals surface area (Å²) < 4.78 is 5.40. The molecule has 2 aromatic rings. The third-order valence-corrected chi connectivity index (χ3v) is 4.38. The molecule has 3 rings (SSSR count). The van der Waals surface area contributed by atoms with E-state index in [1.54, 1.807) is 13.0 Å². The van der Waals surface area contributed by atoms with Gasteiger partial charge in [0.2, 0.25) is 0 Å². The fourth-order valence-corrected chi connectivity index (χ4v) is 2.88. The Balaban J connectivity index is 1.56. The summed E-state index contributed by atoms with van der Waals surface area (Å²) in [4.78, 5) is 21.3. The van der Waals surface area contributed by atoms with Crippen LogP contribution >= 0.6 is 0 Å². The summed E-state index contributed by atoms with van der Waals surface area (Å²) in [6, 6.07) is 5.81. The molecule has 6 heteroatoms. The molecule has 0 atom stereocenters. The predicted molar refractivity (Wildman–Crippen MR) is 93.3 cm³/mol. The van der Waals surface area contributed by atoms with Gasteiger partial charge in [-0.1, -0.05) is 6.07 Å². The second-order valence-corrected chi connectivity index (χ2v) is 6.32. The highest BCUT2D eigenvalue weighted by atomic mass is 16.3. The van der Waals surface area contributed by atoms with Crippen molar-refractivity contribution < 1.29 is 9.21 Å². The minimum Gasteiger partial charge on any atom is -0.466 e. The lowest BCUT2D eigenvalue weighted by Gasteiger charge is -2.33. The van der Waals surface area contributed by atoms with E-state index in [9.17, 15) is 4.79 Å². The topological polar surface area (TPSA) is 61.6 Å². The van der Waals surface area contributed by atoms with Crippen molar-refractivity contribution in [2.24, 2.45) is 0 Å². The van der Waals surface area contributed by atoms with Gasteiger partial charge < -0.3 is 19.5 Å². The Labute approximate surface area is 142 Å². The molecule has 0 spiro atoms. The van der Waals surface area contributed by atoms with Crippen LogP contribution in [0.1, 0.15) is 27.4 Å². The molecule has 6 nitrogen and oxygen atoms in total. The van der Waals surface area contributed by atoms with Crippen molar-refractivity contribution in [3.63, 3.8) is 0 Å². The number of furan rings is 1. The SMILES string of the molecule is Cc1cc(C(=O)NCc2ccc(N3CCN(C)CC3)nc2)c(C)o1. The third-order valence-electron chi connectivity index (χ3n) is 4.38. The second kappa shape index (κ2) is 7.05. The Hall–Kier alpha value is -2.34. The van der Waals surface area contributed by atoms with Crippen LogP contribution in [0.25, 0.3) is 0 Å². The molecule has 0 aromatic carbocycles. The van der Waals surface area contributed by atoms with Crippen molar-refractivity contribution in [2.45, 2.75) is 20.4 Å². The maximum absolute atomic E-state index is 12.2. The van der Waals surface area contributed by atoms with E-state index in [1.165, 1.54) is 0 Å². The van der Waals surface area contributed by atoms with Crippen molar-refractivity contribution >= 4 is 11.7 Å². The lowest BCUT2D eigenvalue weighted by Crippen LogP contribution is -2.44.